The van der Waals surface area contributed by atoms with Crippen LogP contribution in [-0.2, 0) is 11.2 Å². The Morgan fingerprint density at radius 1 is 1.40 bits per heavy atom. The SMILES string of the molecule is C=C(Cc1ccc([N+](=O)[O-])cc1)C(N)=O. The van der Waals surface area contributed by atoms with Gasteiger partial charge in [0.1, 0.15) is 0 Å². The maximum absolute atomic E-state index is 10.7. The number of nitro benzene ring substituents is 1. The number of primary amides is 1. The van der Waals surface area contributed by atoms with E-state index in [0.717, 1.165) is 5.56 Å². The molecule has 78 valence electrons. The van der Waals surface area contributed by atoms with Gasteiger partial charge in [-0.15, -0.1) is 0 Å². The van der Waals surface area contributed by atoms with Crippen molar-refractivity contribution in [2.45, 2.75) is 6.42 Å². The molecule has 0 aromatic heterocycles. The van der Waals surface area contributed by atoms with Gasteiger partial charge in [0.25, 0.3) is 5.69 Å². The molecule has 5 heteroatoms. The van der Waals surface area contributed by atoms with Gasteiger partial charge in [0, 0.05) is 24.1 Å². The monoisotopic (exact) mass is 206 g/mol. The van der Waals surface area contributed by atoms with Gasteiger partial charge in [0.2, 0.25) is 5.91 Å². The highest BCUT2D eigenvalue weighted by atomic mass is 16.6. The molecule has 0 fully saturated rings. The number of nitrogens with two attached hydrogens (primary N) is 1. The van der Waals surface area contributed by atoms with Crippen molar-refractivity contribution in [1.82, 2.24) is 0 Å². The van der Waals surface area contributed by atoms with E-state index in [1.807, 2.05) is 0 Å². The molecule has 0 bridgehead atoms. The van der Waals surface area contributed by atoms with Gasteiger partial charge in [0.15, 0.2) is 0 Å². The quantitative estimate of drug-likeness (QED) is 0.456. The minimum Gasteiger partial charge on any atom is -0.366 e. The third-order valence-corrected chi connectivity index (χ3v) is 1.91. The average Bonchev–Trinajstić information content (AvgIpc) is 2.18. The summed E-state index contributed by atoms with van der Waals surface area (Å²) < 4.78 is 0. The molecule has 0 aliphatic rings. The Morgan fingerprint density at radius 2 is 1.93 bits per heavy atom. The van der Waals surface area contributed by atoms with Crippen LogP contribution in [0.2, 0.25) is 0 Å². The maximum Gasteiger partial charge on any atom is 0.269 e. The topological polar surface area (TPSA) is 86.2 Å². The first-order valence-corrected chi connectivity index (χ1v) is 4.21. The van der Waals surface area contributed by atoms with Crippen molar-refractivity contribution in [3.05, 3.63) is 52.1 Å². The highest BCUT2D eigenvalue weighted by molar-refractivity contribution is 5.91. The number of hydrogen-bond acceptors (Lipinski definition) is 3. The summed E-state index contributed by atoms with van der Waals surface area (Å²) in [7, 11) is 0. The number of rotatable bonds is 4. The minimum atomic E-state index is -0.562. The van der Waals surface area contributed by atoms with Gasteiger partial charge in [-0.2, -0.15) is 0 Å². The first-order chi connectivity index (χ1) is 7.00. The second-order valence-electron chi connectivity index (χ2n) is 3.07. The summed E-state index contributed by atoms with van der Waals surface area (Å²) in [6, 6.07) is 5.91. The molecule has 0 aliphatic heterocycles. The number of non-ortho nitro benzene ring substituents is 1. The molecule has 0 saturated heterocycles. The van der Waals surface area contributed by atoms with E-state index in [9.17, 15) is 14.9 Å². The normalized spacial score (nSPS) is 9.60. The number of nitro groups is 1. The molecule has 0 saturated carbocycles. The molecule has 0 radical (unpaired) electrons. The minimum absolute atomic E-state index is 0.0171. The van der Waals surface area contributed by atoms with Gasteiger partial charge in [-0.1, -0.05) is 18.7 Å². The molecular formula is C10H10N2O3. The van der Waals surface area contributed by atoms with Crippen LogP contribution < -0.4 is 5.73 Å². The van der Waals surface area contributed by atoms with Crippen molar-refractivity contribution in [2.75, 3.05) is 0 Å². The van der Waals surface area contributed by atoms with E-state index in [1.54, 1.807) is 12.1 Å². The fourth-order valence-electron chi connectivity index (χ4n) is 1.07. The Labute approximate surface area is 86.4 Å². The molecule has 0 atom stereocenters. The van der Waals surface area contributed by atoms with Gasteiger partial charge >= 0.3 is 0 Å². The summed E-state index contributed by atoms with van der Waals surface area (Å²) in [5.41, 5.74) is 6.08. The molecule has 1 aromatic rings. The zero-order valence-electron chi connectivity index (χ0n) is 7.97. The highest BCUT2D eigenvalue weighted by Crippen LogP contribution is 2.13. The number of nitrogens with zero attached hydrogens (tertiary/aromatic N) is 1. The molecule has 0 spiro atoms. The highest BCUT2D eigenvalue weighted by Gasteiger charge is 2.06. The Kier molecular flexibility index (Phi) is 3.17. The van der Waals surface area contributed by atoms with Crippen LogP contribution in [0.4, 0.5) is 5.69 Å². The van der Waals surface area contributed by atoms with Crippen LogP contribution in [0.1, 0.15) is 5.56 Å². The summed E-state index contributed by atoms with van der Waals surface area (Å²) in [4.78, 5) is 20.6. The number of benzene rings is 1. The second-order valence-corrected chi connectivity index (χ2v) is 3.07. The van der Waals surface area contributed by atoms with Crippen molar-refractivity contribution in [2.24, 2.45) is 5.73 Å². The lowest BCUT2D eigenvalue weighted by molar-refractivity contribution is -0.384. The predicted octanol–water partition coefficient (Wildman–Crippen LogP) is 1.18. The molecule has 0 heterocycles. The van der Waals surface area contributed by atoms with E-state index >= 15 is 0 Å². The van der Waals surface area contributed by atoms with Crippen LogP contribution in [-0.4, -0.2) is 10.8 Å². The van der Waals surface area contributed by atoms with Crippen LogP contribution in [0.3, 0.4) is 0 Å². The molecule has 1 rings (SSSR count). The van der Waals surface area contributed by atoms with Crippen molar-refractivity contribution in [1.29, 1.82) is 0 Å². The van der Waals surface area contributed by atoms with Crippen molar-refractivity contribution >= 4 is 11.6 Å². The van der Waals surface area contributed by atoms with E-state index in [2.05, 4.69) is 6.58 Å². The summed E-state index contributed by atoms with van der Waals surface area (Å²) in [6.07, 6.45) is 0.313. The van der Waals surface area contributed by atoms with Gasteiger partial charge in [0.05, 0.1) is 4.92 Å². The largest absolute Gasteiger partial charge is 0.366 e. The molecular weight excluding hydrogens is 196 g/mol. The molecule has 15 heavy (non-hydrogen) atoms. The van der Waals surface area contributed by atoms with Gasteiger partial charge in [-0.3, -0.25) is 14.9 Å². The third kappa shape index (κ3) is 2.91. The number of hydrogen-bond donors (Lipinski definition) is 1. The fraction of sp³-hybridized carbons (Fsp3) is 0.100. The number of amides is 1. The molecule has 0 aliphatic carbocycles. The van der Waals surface area contributed by atoms with E-state index in [-0.39, 0.29) is 11.3 Å². The van der Waals surface area contributed by atoms with Crippen LogP contribution in [0.25, 0.3) is 0 Å². The lowest BCUT2D eigenvalue weighted by atomic mass is 10.1. The van der Waals surface area contributed by atoms with Crippen LogP contribution in [0, 0.1) is 10.1 Å². The van der Waals surface area contributed by atoms with Gasteiger partial charge in [-0.25, -0.2) is 0 Å². The van der Waals surface area contributed by atoms with E-state index < -0.39 is 10.8 Å². The molecule has 1 aromatic carbocycles. The zero-order chi connectivity index (χ0) is 11.4. The standard InChI is InChI=1S/C10H10N2O3/c1-7(10(11)13)6-8-2-4-9(5-3-8)12(14)15/h2-5H,1,6H2,(H2,11,13). The van der Waals surface area contributed by atoms with Crippen LogP contribution in [0.5, 0.6) is 0 Å². The average molecular weight is 206 g/mol. The number of carbonyl (C=O) groups is 1. The molecule has 0 unspecified atom stereocenters. The predicted molar refractivity (Wildman–Crippen MR) is 55.1 cm³/mol. The van der Waals surface area contributed by atoms with Gasteiger partial charge < -0.3 is 5.73 Å². The first kappa shape index (κ1) is 10.9. The van der Waals surface area contributed by atoms with Crippen LogP contribution >= 0.6 is 0 Å². The van der Waals surface area contributed by atoms with Gasteiger partial charge in [-0.05, 0) is 5.56 Å². The Hall–Kier alpha value is -2.17. The maximum atomic E-state index is 10.7. The summed E-state index contributed by atoms with van der Waals surface area (Å²) >= 11 is 0. The lowest BCUT2D eigenvalue weighted by Gasteiger charge is -2.00. The van der Waals surface area contributed by atoms with E-state index in [4.69, 9.17) is 5.73 Å². The van der Waals surface area contributed by atoms with Crippen LogP contribution in [0.15, 0.2) is 36.4 Å². The molecule has 1 amide bonds. The van der Waals surface area contributed by atoms with E-state index in [1.165, 1.54) is 12.1 Å². The van der Waals surface area contributed by atoms with E-state index in [0.29, 0.717) is 6.42 Å². The van der Waals surface area contributed by atoms with Crippen molar-refractivity contribution in [3.63, 3.8) is 0 Å². The van der Waals surface area contributed by atoms with Crippen molar-refractivity contribution in [3.8, 4) is 0 Å². The molecule has 2 N–H and O–H groups in total. The smallest absolute Gasteiger partial charge is 0.269 e. The number of carbonyl (C=O) groups excluding carboxylic acids is 1. The fourth-order valence-corrected chi connectivity index (χ4v) is 1.07. The lowest BCUT2D eigenvalue weighted by Crippen LogP contribution is -2.14. The second kappa shape index (κ2) is 4.36. The first-order valence-electron chi connectivity index (χ1n) is 4.21. The summed E-state index contributed by atoms with van der Waals surface area (Å²) in [5, 5.41) is 10.4. The summed E-state index contributed by atoms with van der Waals surface area (Å²) in [5.74, 6) is -0.562. The Balaban J connectivity index is 2.77. The summed E-state index contributed by atoms with van der Waals surface area (Å²) in [6.45, 7) is 3.50. The third-order valence-electron chi connectivity index (χ3n) is 1.91. The molecule has 5 nitrogen and oxygen atoms in total. The van der Waals surface area contributed by atoms with Crippen molar-refractivity contribution < 1.29 is 9.72 Å². The zero-order valence-corrected chi connectivity index (χ0v) is 7.97. The Bertz CT molecular complexity index is 409. The Morgan fingerprint density at radius 3 is 2.33 bits per heavy atom.